The van der Waals surface area contributed by atoms with Gasteiger partial charge in [-0.25, -0.2) is 18.7 Å². The summed E-state index contributed by atoms with van der Waals surface area (Å²) in [5, 5.41) is 3.21. The Balaban J connectivity index is 0.000000327. The molecule has 0 bridgehead atoms. The second-order valence-corrected chi connectivity index (χ2v) is 9.01. The highest BCUT2D eigenvalue weighted by Crippen LogP contribution is 2.34. The molecule has 0 spiro atoms. The van der Waals surface area contributed by atoms with Crippen LogP contribution in [0.25, 0.3) is 11.0 Å². The van der Waals surface area contributed by atoms with Crippen LogP contribution in [0.5, 0.6) is 0 Å². The molecule has 0 aliphatic heterocycles. The lowest BCUT2D eigenvalue weighted by Crippen LogP contribution is -2.25. The highest BCUT2D eigenvalue weighted by molar-refractivity contribution is 5.77. The predicted molar refractivity (Wildman–Crippen MR) is 150 cm³/mol. The standard InChI is InChI=1S/C13H14F2N2.C12H19N3O.2C2H6/c1-8-16-11-7-6-10(14)12(15)13(11)17(8)9-4-2-3-5-9;1-8(2)10-5-4-6-14-12(10)15-9(3)7-11(13)16;2*1-2/h6-7,9H,2-5H2,1H3;4-6,8-9H,7H2,1-3H3,(H2,13,16)(H,14,15);2*1-2H3. The summed E-state index contributed by atoms with van der Waals surface area (Å²) >= 11 is 0. The van der Waals surface area contributed by atoms with Gasteiger partial charge in [0.1, 0.15) is 17.2 Å². The molecule has 2 aromatic heterocycles. The molecule has 37 heavy (non-hydrogen) atoms. The first-order valence-corrected chi connectivity index (χ1v) is 13.5. The van der Waals surface area contributed by atoms with Crippen LogP contribution in [-0.2, 0) is 4.79 Å². The molecule has 2 heterocycles. The van der Waals surface area contributed by atoms with Crippen LogP contribution in [-0.4, -0.2) is 26.5 Å². The Kier molecular flexibility index (Phi) is 13.8. The molecule has 1 aromatic carbocycles. The maximum atomic E-state index is 13.9. The van der Waals surface area contributed by atoms with Crippen LogP contribution in [0.1, 0.15) is 104 Å². The highest BCUT2D eigenvalue weighted by atomic mass is 19.2. The number of hydrogen-bond donors (Lipinski definition) is 2. The van der Waals surface area contributed by atoms with Crippen LogP contribution in [0.15, 0.2) is 30.5 Å². The van der Waals surface area contributed by atoms with Crippen LogP contribution in [0.4, 0.5) is 14.6 Å². The van der Waals surface area contributed by atoms with Crippen molar-refractivity contribution in [2.75, 3.05) is 5.32 Å². The van der Waals surface area contributed by atoms with E-state index in [2.05, 4.69) is 29.1 Å². The summed E-state index contributed by atoms with van der Waals surface area (Å²) in [6.07, 6.45) is 6.42. The van der Waals surface area contributed by atoms with Gasteiger partial charge in [0.2, 0.25) is 5.91 Å². The quantitative estimate of drug-likeness (QED) is 0.351. The summed E-state index contributed by atoms with van der Waals surface area (Å²) in [4.78, 5) is 19.4. The molecule has 4 rings (SSSR count). The zero-order chi connectivity index (χ0) is 28.1. The van der Waals surface area contributed by atoms with Crippen molar-refractivity contribution in [3.05, 3.63) is 53.5 Å². The maximum absolute atomic E-state index is 13.9. The van der Waals surface area contributed by atoms with E-state index in [-0.39, 0.29) is 18.0 Å². The molecular weight excluding hydrogens is 472 g/mol. The normalized spacial score (nSPS) is 13.6. The number of pyridine rings is 1. The van der Waals surface area contributed by atoms with Gasteiger partial charge in [0.05, 0.1) is 5.52 Å². The highest BCUT2D eigenvalue weighted by Gasteiger charge is 2.24. The summed E-state index contributed by atoms with van der Waals surface area (Å²) in [5.41, 5.74) is 7.17. The third-order valence-electron chi connectivity index (χ3n) is 5.96. The van der Waals surface area contributed by atoms with E-state index in [1.165, 1.54) is 0 Å². The van der Waals surface area contributed by atoms with Crippen LogP contribution < -0.4 is 11.1 Å². The van der Waals surface area contributed by atoms with Crippen molar-refractivity contribution in [3.8, 4) is 0 Å². The van der Waals surface area contributed by atoms with Crippen molar-refractivity contribution in [1.82, 2.24) is 14.5 Å². The van der Waals surface area contributed by atoms with Crippen molar-refractivity contribution in [1.29, 1.82) is 0 Å². The number of carbonyl (C=O) groups excluding carboxylic acids is 1. The fourth-order valence-corrected chi connectivity index (χ4v) is 4.44. The average molecular weight is 518 g/mol. The van der Waals surface area contributed by atoms with E-state index in [1.54, 1.807) is 12.3 Å². The lowest BCUT2D eigenvalue weighted by atomic mass is 10.0. The smallest absolute Gasteiger partial charge is 0.219 e. The van der Waals surface area contributed by atoms with Gasteiger partial charge in [-0.1, -0.05) is 60.5 Å². The van der Waals surface area contributed by atoms with Crippen LogP contribution in [0.2, 0.25) is 0 Å². The summed E-state index contributed by atoms with van der Waals surface area (Å²) in [6, 6.07) is 6.92. The fourth-order valence-electron chi connectivity index (χ4n) is 4.44. The minimum atomic E-state index is -0.795. The van der Waals surface area contributed by atoms with Gasteiger partial charge < -0.3 is 15.6 Å². The number of benzene rings is 1. The molecule has 1 unspecified atom stereocenters. The number of nitrogens with one attached hydrogen (secondary N) is 1. The molecular formula is C29H45F2N5O. The number of fused-ring (bicyclic) bond motifs is 1. The second kappa shape index (κ2) is 15.9. The van der Waals surface area contributed by atoms with Gasteiger partial charge in [-0.3, -0.25) is 4.79 Å². The van der Waals surface area contributed by atoms with Crippen molar-refractivity contribution in [2.45, 2.75) is 105 Å². The Morgan fingerprint density at radius 1 is 1.11 bits per heavy atom. The Morgan fingerprint density at radius 3 is 2.30 bits per heavy atom. The number of nitrogens with zero attached hydrogens (tertiary/aromatic N) is 3. The largest absolute Gasteiger partial charge is 0.370 e. The minimum absolute atomic E-state index is 0.00454. The first-order chi connectivity index (χ1) is 17.7. The number of primary amides is 1. The lowest BCUT2D eigenvalue weighted by Gasteiger charge is -2.17. The van der Waals surface area contributed by atoms with Crippen molar-refractivity contribution >= 4 is 22.8 Å². The third kappa shape index (κ3) is 8.79. The summed E-state index contributed by atoms with van der Waals surface area (Å²) in [5.74, 6) is 0.147. The average Bonchev–Trinajstić information content (AvgIpc) is 3.51. The zero-order valence-corrected chi connectivity index (χ0v) is 23.7. The van der Waals surface area contributed by atoms with E-state index in [0.717, 1.165) is 49.0 Å². The van der Waals surface area contributed by atoms with Crippen LogP contribution in [0, 0.1) is 18.6 Å². The Hall–Kier alpha value is -3.03. The van der Waals surface area contributed by atoms with Crippen molar-refractivity contribution in [2.24, 2.45) is 5.73 Å². The fraction of sp³-hybridized carbons (Fsp3) is 0.552. The molecule has 3 aromatic rings. The van der Waals surface area contributed by atoms with Crippen LogP contribution in [0.3, 0.4) is 0 Å². The molecule has 1 amide bonds. The van der Waals surface area contributed by atoms with Gasteiger partial charge in [0.15, 0.2) is 11.6 Å². The zero-order valence-electron chi connectivity index (χ0n) is 23.7. The predicted octanol–water partition coefficient (Wildman–Crippen LogP) is 7.67. The number of carbonyl (C=O) groups is 1. The van der Waals surface area contributed by atoms with Gasteiger partial charge in [0.25, 0.3) is 0 Å². The van der Waals surface area contributed by atoms with E-state index in [4.69, 9.17) is 5.73 Å². The third-order valence-corrected chi connectivity index (χ3v) is 5.96. The molecule has 0 radical (unpaired) electrons. The van der Waals surface area contributed by atoms with Gasteiger partial charge in [-0.15, -0.1) is 0 Å². The van der Waals surface area contributed by atoms with E-state index >= 15 is 0 Å². The number of hydrogen-bond acceptors (Lipinski definition) is 4. The number of nitrogens with two attached hydrogens (primary N) is 1. The van der Waals surface area contributed by atoms with Gasteiger partial charge in [-0.05, 0) is 56.4 Å². The number of halogens is 2. The number of imidazole rings is 1. The summed E-state index contributed by atoms with van der Waals surface area (Å²) in [6.45, 7) is 16.0. The maximum Gasteiger partial charge on any atom is 0.219 e. The molecule has 1 saturated carbocycles. The van der Waals surface area contributed by atoms with E-state index in [0.29, 0.717) is 23.4 Å². The van der Waals surface area contributed by atoms with Crippen LogP contribution >= 0.6 is 0 Å². The SMILES string of the molecule is CC.CC.CC(CC(N)=O)Nc1ncccc1C(C)C.Cc1nc2ccc(F)c(F)c2n1C1CCCC1. The summed E-state index contributed by atoms with van der Waals surface area (Å²) < 4.78 is 29.1. The topological polar surface area (TPSA) is 85.8 Å². The van der Waals surface area contributed by atoms with E-state index in [9.17, 15) is 13.6 Å². The lowest BCUT2D eigenvalue weighted by molar-refractivity contribution is -0.118. The van der Waals surface area contributed by atoms with Crippen molar-refractivity contribution < 1.29 is 13.6 Å². The summed E-state index contributed by atoms with van der Waals surface area (Å²) in [7, 11) is 0. The second-order valence-electron chi connectivity index (χ2n) is 9.01. The first kappa shape index (κ1) is 32.0. The first-order valence-electron chi connectivity index (χ1n) is 13.5. The number of amides is 1. The van der Waals surface area contributed by atoms with Gasteiger partial charge >= 0.3 is 0 Å². The van der Waals surface area contributed by atoms with E-state index < -0.39 is 11.6 Å². The number of rotatable bonds is 6. The van der Waals surface area contributed by atoms with E-state index in [1.807, 2.05) is 58.2 Å². The molecule has 206 valence electrons. The minimum Gasteiger partial charge on any atom is -0.370 e. The van der Waals surface area contributed by atoms with Gasteiger partial charge in [-0.2, -0.15) is 0 Å². The number of aryl methyl sites for hydroxylation is 1. The molecule has 1 aliphatic carbocycles. The molecule has 0 saturated heterocycles. The Bertz CT molecular complexity index is 1110. The molecule has 1 atom stereocenters. The van der Waals surface area contributed by atoms with Crippen molar-refractivity contribution in [3.63, 3.8) is 0 Å². The number of aromatic nitrogens is 3. The molecule has 3 N–H and O–H groups in total. The molecule has 1 aliphatic rings. The number of anilines is 1. The Labute approximate surface area is 221 Å². The van der Waals surface area contributed by atoms with Gasteiger partial charge in [0, 0.05) is 24.7 Å². The monoisotopic (exact) mass is 517 g/mol. The molecule has 1 fully saturated rings. The Morgan fingerprint density at radius 2 is 1.73 bits per heavy atom. The molecule has 6 nitrogen and oxygen atoms in total. The molecule has 8 heteroatoms.